The van der Waals surface area contributed by atoms with Gasteiger partial charge in [0.2, 0.25) is 11.8 Å². The van der Waals surface area contributed by atoms with Crippen LogP contribution in [0, 0.1) is 12.7 Å². The van der Waals surface area contributed by atoms with E-state index < -0.39 is 5.91 Å². The second-order valence-electron chi connectivity index (χ2n) is 4.94. The van der Waals surface area contributed by atoms with Crippen LogP contribution < -0.4 is 10.6 Å². The molecular formula is C17H17FN2O2. The quantitative estimate of drug-likeness (QED) is 0.834. The van der Waals surface area contributed by atoms with Crippen molar-refractivity contribution in [3.05, 3.63) is 65.5 Å². The van der Waals surface area contributed by atoms with E-state index in [1.54, 1.807) is 0 Å². The lowest BCUT2D eigenvalue weighted by atomic mass is 10.1. The van der Waals surface area contributed by atoms with Crippen LogP contribution in [0.15, 0.2) is 48.5 Å². The summed E-state index contributed by atoms with van der Waals surface area (Å²) in [4.78, 5) is 23.5. The molecule has 0 atom stereocenters. The molecule has 5 heteroatoms. The van der Waals surface area contributed by atoms with Crippen molar-refractivity contribution in [1.29, 1.82) is 0 Å². The Morgan fingerprint density at radius 1 is 1.00 bits per heavy atom. The van der Waals surface area contributed by atoms with E-state index >= 15 is 0 Å². The number of rotatable bonds is 5. The van der Waals surface area contributed by atoms with Crippen LogP contribution in [0.25, 0.3) is 0 Å². The van der Waals surface area contributed by atoms with Crippen molar-refractivity contribution in [2.24, 2.45) is 0 Å². The Labute approximate surface area is 128 Å². The molecule has 0 unspecified atom stereocenters. The van der Waals surface area contributed by atoms with E-state index in [-0.39, 0.29) is 18.1 Å². The first-order valence-electron chi connectivity index (χ1n) is 6.91. The summed E-state index contributed by atoms with van der Waals surface area (Å²) in [6, 6.07) is 13.1. The van der Waals surface area contributed by atoms with Gasteiger partial charge in [0.1, 0.15) is 12.2 Å². The molecule has 0 saturated heterocycles. The first-order valence-corrected chi connectivity index (χ1v) is 6.91. The monoisotopic (exact) mass is 300 g/mol. The number of halogens is 1. The molecule has 0 spiro atoms. The van der Waals surface area contributed by atoms with Gasteiger partial charge in [0.25, 0.3) is 0 Å². The molecule has 2 aromatic rings. The molecule has 4 nitrogen and oxygen atoms in total. The molecule has 114 valence electrons. The van der Waals surface area contributed by atoms with Crippen LogP contribution in [-0.2, 0) is 16.1 Å². The summed E-state index contributed by atoms with van der Waals surface area (Å²) >= 11 is 0. The van der Waals surface area contributed by atoms with E-state index in [4.69, 9.17) is 0 Å². The predicted molar refractivity (Wildman–Crippen MR) is 82.7 cm³/mol. The van der Waals surface area contributed by atoms with Crippen molar-refractivity contribution in [3.8, 4) is 0 Å². The largest absolute Gasteiger partial charge is 0.352 e. The highest BCUT2D eigenvalue weighted by atomic mass is 19.1. The van der Waals surface area contributed by atoms with Crippen LogP contribution in [0.1, 0.15) is 17.5 Å². The molecule has 0 saturated carbocycles. The third-order valence-corrected chi connectivity index (χ3v) is 3.19. The van der Waals surface area contributed by atoms with Gasteiger partial charge in [0, 0.05) is 12.2 Å². The molecule has 0 heterocycles. The molecule has 0 aromatic heterocycles. The van der Waals surface area contributed by atoms with Gasteiger partial charge in [-0.15, -0.1) is 0 Å². The highest BCUT2D eigenvalue weighted by molar-refractivity contribution is 6.03. The van der Waals surface area contributed by atoms with Gasteiger partial charge >= 0.3 is 0 Å². The summed E-state index contributed by atoms with van der Waals surface area (Å²) < 4.78 is 12.8. The minimum absolute atomic E-state index is 0.275. The number of aryl methyl sites for hydroxylation is 1. The molecular weight excluding hydrogens is 283 g/mol. The fourth-order valence-electron chi connectivity index (χ4n) is 1.95. The Hall–Kier alpha value is -2.69. The Morgan fingerprint density at radius 2 is 1.68 bits per heavy atom. The smallest absolute Gasteiger partial charge is 0.233 e. The Balaban J connectivity index is 1.80. The highest BCUT2D eigenvalue weighted by Crippen LogP contribution is 2.09. The van der Waals surface area contributed by atoms with Crippen molar-refractivity contribution in [2.45, 2.75) is 19.9 Å². The van der Waals surface area contributed by atoms with Crippen LogP contribution in [0.4, 0.5) is 10.1 Å². The van der Waals surface area contributed by atoms with Crippen LogP contribution in [0.5, 0.6) is 0 Å². The number of hydrogen-bond donors (Lipinski definition) is 2. The fourth-order valence-corrected chi connectivity index (χ4v) is 1.95. The summed E-state index contributed by atoms with van der Waals surface area (Å²) in [7, 11) is 0. The van der Waals surface area contributed by atoms with Crippen molar-refractivity contribution < 1.29 is 14.0 Å². The normalized spacial score (nSPS) is 10.1. The van der Waals surface area contributed by atoms with Gasteiger partial charge in [-0.1, -0.05) is 24.3 Å². The number of carbonyl (C=O) groups is 2. The van der Waals surface area contributed by atoms with E-state index in [1.165, 1.54) is 24.3 Å². The van der Waals surface area contributed by atoms with Gasteiger partial charge in [-0.25, -0.2) is 4.39 Å². The number of carbonyl (C=O) groups excluding carboxylic acids is 2. The summed E-state index contributed by atoms with van der Waals surface area (Å²) in [5.41, 5.74) is 2.55. The average Bonchev–Trinajstić information content (AvgIpc) is 2.49. The Kier molecular flexibility index (Phi) is 5.25. The molecule has 22 heavy (non-hydrogen) atoms. The van der Waals surface area contributed by atoms with Gasteiger partial charge in [0.15, 0.2) is 0 Å². The van der Waals surface area contributed by atoms with E-state index in [1.807, 2.05) is 31.2 Å². The molecule has 2 amide bonds. The minimum atomic E-state index is -0.436. The molecule has 0 fully saturated rings. The maximum absolute atomic E-state index is 12.8. The van der Waals surface area contributed by atoms with Crippen molar-refractivity contribution in [2.75, 3.05) is 5.32 Å². The zero-order valence-electron chi connectivity index (χ0n) is 12.2. The molecule has 2 aromatic carbocycles. The van der Waals surface area contributed by atoms with Gasteiger partial charge in [-0.3, -0.25) is 9.59 Å². The SMILES string of the molecule is Cc1ccccc1CNC(=O)CC(=O)Nc1ccc(F)cc1. The Bertz CT molecular complexity index is 669. The third-order valence-electron chi connectivity index (χ3n) is 3.19. The summed E-state index contributed by atoms with van der Waals surface area (Å²) in [6.07, 6.45) is -0.275. The van der Waals surface area contributed by atoms with Gasteiger partial charge in [0.05, 0.1) is 0 Å². The third kappa shape index (κ3) is 4.70. The topological polar surface area (TPSA) is 58.2 Å². The number of nitrogens with one attached hydrogen (secondary N) is 2. The number of amides is 2. The maximum Gasteiger partial charge on any atom is 0.233 e. The number of benzene rings is 2. The van der Waals surface area contributed by atoms with Gasteiger partial charge in [-0.05, 0) is 42.3 Å². The molecule has 0 bridgehead atoms. The zero-order chi connectivity index (χ0) is 15.9. The summed E-state index contributed by atoms with van der Waals surface area (Å²) in [6.45, 7) is 2.35. The van der Waals surface area contributed by atoms with Gasteiger partial charge in [-0.2, -0.15) is 0 Å². The van der Waals surface area contributed by atoms with Crippen LogP contribution in [-0.4, -0.2) is 11.8 Å². The van der Waals surface area contributed by atoms with Crippen LogP contribution in [0.2, 0.25) is 0 Å². The highest BCUT2D eigenvalue weighted by Gasteiger charge is 2.10. The molecule has 0 aliphatic rings. The second-order valence-corrected chi connectivity index (χ2v) is 4.94. The van der Waals surface area contributed by atoms with E-state index in [9.17, 15) is 14.0 Å². The average molecular weight is 300 g/mol. The Morgan fingerprint density at radius 3 is 2.36 bits per heavy atom. The predicted octanol–water partition coefficient (Wildman–Crippen LogP) is 2.78. The number of hydrogen-bond acceptors (Lipinski definition) is 2. The molecule has 2 rings (SSSR count). The fraction of sp³-hybridized carbons (Fsp3) is 0.176. The first kappa shape index (κ1) is 15.7. The summed E-state index contributed by atoms with van der Waals surface area (Å²) in [5, 5.41) is 5.25. The molecule has 0 aliphatic carbocycles. The van der Waals surface area contributed by atoms with Crippen LogP contribution in [0.3, 0.4) is 0 Å². The lowest BCUT2D eigenvalue weighted by Crippen LogP contribution is -2.28. The van der Waals surface area contributed by atoms with Crippen molar-refractivity contribution >= 4 is 17.5 Å². The van der Waals surface area contributed by atoms with Gasteiger partial charge < -0.3 is 10.6 Å². The first-order chi connectivity index (χ1) is 10.5. The molecule has 0 aliphatic heterocycles. The summed E-state index contributed by atoms with van der Waals surface area (Å²) in [5.74, 6) is -1.18. The number of anilines is 1. The second kappa shape index (κ2) is 7.36. The zero-order valence-corrected chi connectivity index (χ0v) is 12.2. The lowest BCUT2D eigenvalue weighted by Gasteiger charge is -2.08. The molecule has 2 N–H and O–H groups in total. The minimum Gasteiger partial charge on any atom is -0.352 e. The van der Waals surface area contributed by atoms with Crippen molar-refractivity contribution in [1.82, 2.24) is 5.32 Å². The van der Waals surface area contributed by atoms with E-state index in [0.717, 1.165) is 11.1 Å². The van der Waals surface area contributed by atoms with Crippen LogP contribution >= 0.6 is 0 Å². The van der Waals surface area contributed by atoms with E-state index in [2.05, 4.69) is 10.6 Å². The standard InChI is InChI=1S/C17H17FN2O2/c1-12-4-2-3-5-13(12)11-19-16(21)10-17(22)20-15-8-6-14(18)7-9-15/h2-9H,10-11H2,1H3,(H,19,21)(H,20,22). The molecule has 0 radical (unpaired) electrons. The maximum atomic E-state index is 12.8. The van der Waals surface area contributed by atoms with Crippen molar-refractivity contribution in [3.63, 3.8) is 0 Å². The lowest BCUT2D eigenvalue weighted by molar-refractivity contribution is -0.126. The van der Waals surface area contributed by atoms with E-state index in [0.29, 0.717) is 12.2 Å².